The number of thiazole rings is 1. The number of nitrogens with zero attached hydrogens (tertiary/aromatic N) is 2. The fourth-order valence-corrected chi connectivity index (χ4v) is 3.56. The Labute approximate surface area is 168 Å². The van der Waals surface area contributed by atoms with E-state index in [2.05, 4.69) is 10.3 Å². The van der Waals surface area contributed by atoms with Gasteiger partial charge < -0.3 is 15.0 Å². The van der Waals surface area contributed by atoms with Gasteiger partial charge in [0, 0.05) is 25.1 Å². The number of aryl methyl sites for hydroxylation is 2. The topological polar surface area (TPSA) is 71.5 Å². The summed E-state index contributed by atoms with van der Waals surface area (Å²) in [5.41, 5.74) is 1.58. The van der Waals surface area contributed by atoms with Crippen LogP contribution in [0.4, 0.5) is 5.13 Å². The lowest BCUT2D eigenvalue weighted by Gasteiger charge is -2.24. The molecule has 2 amide bonds. The maximum absolute atomic E-state index is 12.8. The lowest BCUT2D eigenvalue weighted by atomic mass is 10.1. The van der Waals surface area contributed by atoms with Crippen molar-refractivity contribution in [3.05, 3.63) is 46.5 Å². The van der Waals surface area contributed by atoms with E-state index >= 15 is 0 Å². The maximum atomic E-state index is 12.8. The van der Waals surface area contributed by atoms with Gasteiger partial charge in [-0.05, 0) is 25.8 Å². The predicted molar refractivity (Wildman–Crippen MR) is 108 cm³/mol. The van der Waals surface area contributed by atoms with Crippen LogP contribution >= 0.6 is 22.9 Å². The van der Waals surface area contributed by atoms with E-state index in [4.69, 9.17) is 16.3 Å². The first-order chi connectivity index (χ1) is 12.9. The summed E-state index contributed by atoms with van der Waals surface area (Å²) in [4.78, 5) is 32.1. The molecule has 0 bridgehead atoms. The van der Waals surface area contributed by atoms with Crippen molar-refractivity contribution < 1.29 is 14.3 Å². The second-order valence-corrected chi connectivity index (χ2v) is 7.73. The van der Waals surface area contributed by atoms with Gasteiger partial charge in [-0.3, -0.25) is 9.59 Å². The Morgan fingerprint density at radius 1 is 1.30 bits per heavy atom. The Balaban J connectivity index is 2.05. The highest BCUT2D eigenvalue weighted by Gasteiger charge is 2.25. The van der Waals surface area contributed by atoms with Crippen LogP contribution in [0.2, 0.25) is 0 Å². The summed E-state index contributed by atoms with van der Waals surface area (Å²) in [6.07, 6.45) is 0.614. The fourth-order valence-electron chi connectivity index (χ4n) is 2.45. The van der Waals surface area contributed by atoms with Gasteiger partial charge in [0.1, 0.15) is 5.38 Å². The molecule has 1 aromatic carbocycles. The number of halogens is 1. The molecular weight excluding hydrogens is 386 g/mol. The van der Waals surface area contributed by atoms with E-state index in [1.807, 2.05) is 32.0 Å². The van der Waals surface area contributed by atoms with E-state index in [-0.39, 0.29) is 18.4 Å². The van der Waals surface area contributed by atoms with Gasteiger partial charge >= 0.3 is 0 Å². The molecular formula is C19H24ClN3O3S. The maximum Gasteiger partial charge on any atom is 0.245 e. The van der Waals surface area contributed by atoms with Crippen LogP contribution in [0.5, 0.6) is 0 Å². The van der Waals surface area contributed by atoms with Crippen LogP contribution in [0.3, 0.4) is 0 Å². The first kappa shape index (κ1) is 21.3. The van der Waals surface area contributed by atoms with Gasteiger partial charge in [0.15, 0.2) is 5.13 Å². The third-order valence-corrected chi connectivity index (χ3v) is 5.43. The van der Waals surface area contributed by atoms with Crippen LogP contribution < -0.4 is 5.32 Å². The Morgan fingerprint density at radius 2 is 2.00 bits per heavy atom. The minimum Gasteiger partial charge on any atom is -0.385 e. The van der Waals surface area contributed by atoms with Crippen LogP contribution in [0.1, 0.15) is 27.9 Å². The molecule has 0 fully saturated rings. The molecule has 0 aliphatic rings. The molecule has 0 unspecified atom stereocenters. The van der Waals surface area contributed by atoms with E-state index < -0.39 is 5.38 Å². The number of nitrogens with one attached hydrogen (secondary N) is 1. The molecule has 0 aliphatic carbocycles. The molecule has 0 spiro atoms. The van der Waals surface area contributed by atoms with E-state index in [9.17, 15) is 9.59 Å². The number of ether oxygens (including phenoxy) is 1. The summed E-state index contributed by atoms with van der Waals surface area (Å²) in [5, 5.41) is 2.45. The van der Waals surface area contributed by atoms with Gasteiger partial charge in [-0.15, -0.1) is 22.9 Å². The Bertz CT molecular complexity index is 747. The van der Waals surface area contributed by atoms with E-state index in [1.54, 1.807) is 19.2 Å². The number of methoxy groups -OCH3 is 1. The lowest BCUT2D eigenvalue weighted by molar-refractivity contribution is -0.134. The molecule has 8 heteroatoms. The molecule has 27 heavy (non-hydrogen) atoms. The number of alkyl halides is 1. The standard InChI is InChI=1S/C19H24ClN3O3S/c1-13-14(2)27-19(21-13)22-16(24)12-23(10-7-11-26-3)18(25)17(20)15-8-5-4-6-9-15/h4-6,8-9,17H,7,10-12H2,1-3H3,(H,21,22,24)/t17-/m0/s1. The summed E-state index contributed by atoms with van der Waals surface area (Å²) in [5.74, 6) is -0.605. The van der Waals surface area contributed by atoms with Crippen LogP contribution in [-0.4, -0.2) is 48.5 Å². The monoisotopic (exact) mass is 409 g/mol. The molecule has 2 rings (SSSR count). The highest BCUT2D eigenvalue weighted by molar-refractivity contribution is 7.15. The number of hydrogen-bond donors (Lipinski definition) is 1. The van der Waals surface area contributed by atoms with E-state index in [0.29, 0.717) is 30.3 Å². The van der Waals surface area contributed by atoms with Gasteiger partial charge in [0.25, 0.3) is 0 Å². The molecule has 0 aliphatic heterocycles. The van der Waals surface area contributed by atoms with Crippen LogP contribution in [-0.2, 0) is 14.3 Å². The van der Waals surface area contributed by atoms with Crippen LogP contribution in [0.25, 0.3) is 0 Å². The Kier molecular flexibility index (Phi) is 8.22. The van der Waals surface area contributed by atoms with Crippen molar-refractivity contribution in [1.82, 2.24) is 9.88 Å². The van der Waals surface area contributed by atoms with E-state index in [1.165, 1.54) is 16.2 Å². The number of anilines is 1. The summed E-state index contributed by atoms with van der Waals surface area (Å²) >= 11 is 7.78. The van der Waals surface area contributed by atoms with Crippen molar-refractivity contribution in [2.24, 2.45) is 0 Å². The van der Waals surface area contributed by atoms with Crippen molar-refractivity contribution in [3.8, 4) is 0 Å². The predicted octanol–water partition coefficient (Wildman–Crippen LogP) is 3.54. The first-order valence-corrected chi connectivity index (χ1v) is 9.88. The normalized spacial score (nSPS) is 11.9. The summed E-state index contributed by atoms with van der Waals surface area (Å²) < 4.78 is 5.05. The molecule has 1 atom stereocenters. The van der Waals surface area contributed by atoms with Crippen molar-refractivity contribution in [2.45, 2.75) is 25.6 Å². The summed E-state index contributed by atoms with van der Waals surface area (Å²) in [6.45, 7) is 4.62. The fraction of sp³-hybridized carbons (Fsp3) is 0.421. The smallest absolute Gasteiger partial charge is 0.245 e. The lowest BCUT2D eigenvalue weighted by Crippen LogP contribution is -2.40. The minimum absolute atomic E-state index is 0.0870. The number of benzene rings is 1. The zero-order valence-electron chi connectivity index (χ0n) is 15.7. The van der Waals surface area contributed by atoms with Gasteiger partial charge in [-0.25, -0.2) is 4.98 Å². The molecule has 1 N–H and O–H groups in total. The molecule has 1 aromatic heterocycles. The molecule has 1 heterocycles. The zero-order chi connectivity index (χ0) is 19.8. The summed E-state index contributed by atoms with van der Waals surface area (Å²) in [6, 6.07) is 9.10. The van der Waals surface area contributed by atoms with Crippen LogP contribution in [0, 0.1) is 13.8 Å². The molecule has 0 saturated carbocycles. The van der Waals surface area contributed by atoms with Crippen molar-refractivity contribution >= 4 is 39.9 Å². The Hall–Kier alpha value is -1.96. The Morgan fingerprint density at radius 3 is 2.59 bits per heavy atom. The third kappa shape index (κ3) is 6.30. The van der Waals surface area contributed by atoms with Crippen molar-refractivity contribution in [1.29, 1.82) is 0 Å². The number of carbonyl (C=O) groups is 2. The average molecular weight is 410 g/mol. The van der Waals surface area contributed by atoms with Crippen molar-refractivity contribution in [3.63, 3.8) is 0 Å². The van der Waals surface area contributed by atoms with Gasteiger partial charge in [-0.1, -0.05) is 30.3 Å². The SMILES string of the molecule is COCCCN(CC(=O)Nc1nc(C)c(C)s1)C(=O)[C@@H](Cl)c1ccccc1. The zero-order valence-corrected chi connectivity index (χ0v) is 17.3. The van der Waals surface area contributed by atoms with Gasteiger partial charge in [-0.2, -0.15) is 0 Å². The molecule has 146 valence electrons. The molecule has 0 radical (unpaired) electrons. The number of amides is 2. The molecule has 6 nitrogen and oxygen atoms in total. The number of rotatable bonds is 9. The molecule has 2 aromatic rings. The van der Waals surface area contributed by atoms with E-state index in [0.717, 1.165) is 10.6 Å². The average Bonchev–Trinajstić information content (AvgIpc) is 2.97. The number of hydrogen-bond acceptors (Lipinski definition) is 5. The molecule has 0 saturated heterocycles. The first-order valence-electron chi connectivity index (χ1n) is 8.63. The number of carbonyl (C=O) groups excluding carboxylic acids is 2. The quantitative estimate of drug-likeness (QED) is 0.508. The largest absolute Gasteiger partial charge is 0.385 e. The van der Waals surface area contributed by atoms with Crippen LogP contribution in [0.15, 0.2) is 30.3 Å². The number of aromatic nitrogens is 1. The van der Waals surface area contributed by atoms with Gasteiger partial charge in [0.2, 0.25) is 11.8 Å². The minimum atomic E-state index is -0.842. The third-order valence-electron chi connectivity index (χ3n) is 4.01. The van der Waals surface area contributed by atoms with Crippen molar-refractivity contribution in [2.75, 3.05) is 32.1 Å². The van der Waals surface area contributed by atoms with Gasteiger partial charge in [0.05, 0.1) is 12.2 Å². The second kappa shape index (κ2) is 10.4. The summed E-state index contributed by atoms with van der Waals surface area (Å²) in [7, 11) is 1.60. The highest BCUT2D eigenvalue weighted by atomic mass is 35.5. The highest BCUT2D eigenvalue weighted by Crippen LogP contribution is 2.24. The second-order valence-electron chi connectivity index (χ2n) is 6.09.